The molecule has 2 rings (SSSR count). The van der Waals surface area contributed by atoms with Crippen LogP contribution in [0.1, 0.15) is 26.1 Å². The first-order valence-electron chi connectivity index (χ1n) is 6.21. The molecule has 0 saturated carbocycles. The lowest BCUT2D eigenvalue weighted by molar-refractivity contribution is 0.213. The van der Waals surface area contributed by atoms with Crippen molar-refractivity contribution >= 4 is 0 Å². The van der Waals surface area contributed by atoms with Gasteiger partial charge in [0.25, 0.3) is 0 Å². The molecule has 0 bridgehead atoms. The Bertz CT molecular complexity index is 319. The highest BCUT2D eigenvalue weighted by molar-refractivity contribution is 4.95. The van der Waals surface area contributed by atoms with E-state index < -0.39 is 0 Å². The number of rotatable bonds is 5. The van der Waals surface area contributed by atoms with Crippen LogP contribution < -0.4 is 5.32 Å². The van der Waals surface area contributed by atoms with E-state index in [9.17, 15) is 0 Å². The van der Waals surface area contributed by atoms with Gasteiger partial charge in [0.05, 0.1) is 6.54 Å². The van der Waals surface area contributed by atoms with E-state index in [1.54, 1.807) is 0 Å². The number of hydrogen-bond donors (Lipinski definition) is 1. The fourth-order valence-corrected chi connectivity index (χ4v) is 2.11. The van der Waals surface area contributed by atoms with Gasteiger partial charge in [0, 0.05) is 31.5 Å². The first-order chi connectivity index (χ1) is 7.75. The van der Waals surface area contributed by atoms with Crippen molar-refractivity contribution in [2.24, 2.45) is 0 Å². The van der Waals surface area contributed by atoms with Gasteiger partial charge in [0.15, 0.2) is 0 Å². The number of nitrogens with zero attached hydrogens (tertiary/aromatic N) is 3. The molecule has 0 saturated heterocycles. The lowest BCUT2D eigenvalue weighted by Gasteiger charge is -2.27. The highest BCUT2D eigenvalue weighted by Crippen LogP contribution is 2.09. The number of nitrogens with one attached hydrogen (secondary N) is 1. The molecule has 0 radical (unpaired) electrons. The summed E-state index contributed by atoms with van der Waals surface area (Å²) >= 11 is 0. The summed E-state index contributed by atoms with van der Waals surface area (Å²) in [6.07, 6.45) is 5.20. The first-order valence-corrected chi connectivity index (χ1v) is 6.21. The zero-order valence-corrected chi connectivity index (χ0v) is 10.3. The van der Waals surface area contributed by atoms with Crippen molar-refractivity contribution in [3.63, 3.8) is 0 Å². The average molecular weight is 222 g/mol. The second kappa shape index (κ2) is 5.46. The quantitative estimate of drug-likeness (QED) is 0.757. The minimum absolute atomic E-state index is 0.597. The third-order valence-electron chi connectivity index (χ3n) is 3.03. The molecule has 0 aromatic carbocycles. The summed E-state index contributed by atoms with van der Waals surface area (Å²) in [6, 6.07) is 0.597. The predicted molar refractivity (Wildman–Crippen MR) is 65.3 cm³/mol. The van der Waals surface area contributed by atoms with Crippen LogP contribution in [0.15, 0.2) is 12.4 Å². The van der Waals surface area contributed by atoms with E-state index in [2.05, 4.69) is 39.8 Å². The van der Waals surface area contributed by atoms with Crippen molar-refractivity contribution in [1.29, 1.82) is 0 Å². The summed E-state index contributed by atoms with van der Waals surface area (Å²) in [5.74, 6) is 1.21. The fourth-order valence-electron chi connectivity index (χ4n) is 2.11. The SMILES string of the molecule is CC(C)NCCCN1CCn2ccnc2C1. The van der Waals surface area contributed by atoms with Gasteiger partial charge in [-0.15, -0.1) is 0 Å². The lowest BCUT2D eigenvalue weighted by atomic mass is 10.3. The van der Waals surface area contributed by atoms with Crippen LogP contribution in [-0.4, -0.2) is 40.1 Å². The van der Waals surface area contributed by atoms with E-state index in [0.717, 1.165) is 26.2 Å². The van der Waals surface area contributed by atoms with Crippen molar-refractivity contribution in [3.05, 3.63) is 18.2 Å². The topological polar surface area (TPSA) is 33.1 Å². The molecule has 2 heterocycles. The maximum absolute atomic E-state index is 4.37. The van der Waals surface area contributed by atoms with Crippen LogP contribution in [0.25, 0.3) is 0 Å². The highest BCUT2D eigenvalue weighted by Gasteiger charge is 2.15. The summed E-state index contributed by atoms with van der Waals surface area (Å²) in [4.78, 5) is 6.86. The summed E-state index contributed by atoms with van der Waals surface area (Å²) in [7, 11) is 0. The number of hydrogen-bond acceptors (Lipinski definition) is 3. The van der Waals surface area contributed by atoms with Gasteiger partial charge in [-0.3, -0.25) is 4.90 Å². The Morgan fingerprint density at radius 2 is 2.31 bits per heavy atom. The molecule has 0 unspecified atom stereocenters. The van der Waals surface area contributed by atoms with Gasteiger partial charge in [-0.25, -0.2) is 4.98 Å². The summed E-state index contributed by atoms with van der Waals surface area (Å²) in [5.41, 5.74) is 0. The van der Waals surface area contributed by atoms with E-state index in [4.69, 9.17) is 0 Å². The Morgan fingerprint density at radius 3 is 3.12 bits per heavy atom. The van der Waals surface area contributed by atoms with Crippen molar-refractivity contribution in [2.75, 3.05) is 19.6 Å². The Morgan fingerprint density at radius 1 is 1.44 bits per heavy atom. The van der Waals surface area contributed by atoms with Gasteiger partial charge in [-0.2, -0.15) is 0 Å². The van der Waals surface area contributed by atoms with Crippen molar-refractivity contribution in [3.8, 4) is 0 Å². The highest BCUT2D eigenvalue weighted by atomic mass is 15.2. The van der Waals surface area contributed by atoms with Gasteiger partial charge in [0.1, 0.15) is 5.82 Å². The zero-order valence-electron chi connectivity index (χ0n) is 10.3. The number of imidazole rings is 1. The first kappa shape index (κ1) is 11.6. The maximum atomic E-state index is 4.37. The molecule has 0 amide bonds. The molecule has 1 aliphatic rings. The van der Waals surface area contributed by atoms with Crippen LogP contribution >= 0.6 is 0 Å². The molecule has 1 N–H and O–H groups in total. The second-order valence-electron chi connectivity index (χ2n) is 4.78. The van der Waals surface area contributed by atoms with E-state index in [-0.39, 0.29) is 0 Å². The fraction of sp³-hybridized carbons (Fsp3) is 0.750. The number of fused-ring (bicyclic) bond motifs is 1. The Labute approximate surface area is 97.7 Å². The van der Waals surface area contributed by atoms with Crippen LogP contribution in [-0.2, 0) is 13.1 Å². The van der Waals surface area contributed by atoms with Crippen LogP contribution in [0.5, 0.6) is 0 Å². The standard InChI is InChI=1S/C12H22N4/c1-11(2)13-4-3-6-15-8-9-16-7-5-14-12(16)10-15/h5,7,11,13H,3-4,6,8-10H2,1-2H3. The lowest BCUT2D eigenvalue weighted by Crippen LogP contribution is -2.36. The molecule has 0 atom stereocenters. The Hall–Kier alpha value is -0.870. The third kappa shape index (κ3) is 3.06. The summed E-state index contributed by atoms with van der Waals surface area (Å²) < 4.78 is 2.25. The van der Waals surface area contributed by atoms with Crippen LogP contribution in [0.2, 0.25) is 0 Å². The maximum Gasteiger partial charge on any atom is 0.122 e. The van der Waals surface area contributed by atoms with Crippen molar-refractivity contribution in [1.82, 2.24) is 19.8 Å². The molecule has 4 nitrogen and oxygen atoms in total. The molecule has 0 spiro atoms. The Balaban J connectivity index is 1.69. The molecule has 1 aromatic heterocycles. The van der Waals surface area contributed by atoms with Gasteiger partial charge in [-0.1, -0.05) is 13.8 Å². The molecular weight excluding hydrogens is 200 g/mol. The zero-order chi connectivity index (χ0) is 11.4. The van der Waals surface area contributed by atoms with Gasteiger partial charge in [0.2, 0.25) is 0 Å². The van der Waals surface area contributed by atoms with Crippen LogP contribution in [0.4, 0.5) is 0 Å². The summed E-state index contributed by atoms with van der Waals surface area (Å²) in [6.45, 7) is 9.93. The minimum atomic E-state index is 0.597. The monoisotopic (exact) mass is 222 g/mol. The smallest absolute Gasteiger partial charge is 0.122 e. The average Bonchev–Trinajstić information content (AvgIpc) is 2.71. The normalized spacial score (nSPS) is 16.7. The van der Waals surface area contributed by atoms with E-state index in [0.29, 0.717) is 6.04 Å². The van der Waals surface area contributed by atoms with Crippen molar-refractivity contribution in [2.45, 2.75) is 39.4 Å². The van der Waals surface area contributed by atoms with E-state index in [1.165, 1.54) is 18.8 Å². The molecule has 1 aromatic rings. The van der Waals surface area contributed by atoms with Crippen LogP contribution in [0, 0.1) is 0 Å². The predicted octanol–water partition coefficient (Wildman–Crippen LogP) is 1.09. The van der Waals surface area contributed by atoms with E-state index >= 15 is 0 Å². The molecular formula is C12H22N4. The minimum Gasteiger partial charge on any atom is -0.333 e. The third-order valence-corrected chi connectivity index (χ3v) is 3.03. The van der Waals surface area contributed by atoms with Crippen LogP contribution in [0.3, 0.4) is 0 Å². The molecule has 0 aliphatic carbocycles. The molecule has 1 aliphatic heterocycles. The molecule has 90 valence electrons. The van der Waals surface area contributed by atoms with E-state index in [1.807, 2.05) is 6.20 Å². The van der Waals surface area contributed by atoms with Gasteiger partial charge in [-0.05, 0) is 19.5 Å². The van der Waals surface area contributed by atoms with Gasteiger partial charge >= 0.3 is 0 Å². The summed E-state index contributed by atoms with van der Waals surface area (Å²) in [5, 5.41) is 3.45. The van der Waals surface area contributed by atoms with Gasteiger partial charge < -0.3 is 9.88 Å². The van der Waals surface area contributed by atoms with Crippen molar-refractivity contribution < 1.29 is 0 Å². The molecule has 4 heteroatoms. The molecule has 0 fully saturated rings. The Kier molecular flexibility index (Phi) is 3.96. The largest absolute Gasteiger partial charge is 0.333 e. The molecule has 16 heavy (non-hydrogen) atoms. The second-order valence-corrected chi connectivity index (χ2v) is 4.78. The number of aromatic nitrogens is 2.